The Morgan fingerprint density at radius 2 is 0.538 bits per heavy atom. The molecule has 0 aliphatic heterocycles. The summed E-state index contributed by atoms with van der Waals surface area (Å²) in [6.07, 6.45) is -0.500. The summed E-state index contributed by atoms with van der Waals surface area (Å²) in [6.45, 7) is 10.3. The molecular weight excluding hydrogens is 313 g/mol. The van der Waals surface area contributed by atoms with E-state index in [1.54, 1.807) is 41.5 Å². The standard InChI is InChI=1S/3C3H8O.Gd/c3*1-3(2)4;/h3*3-4H,1-2H3;. The molecule has 0 saturated heterocycles. The molecule has 13 heavy (non-hydrogen) atoms. The van der Waals surface area contributed by atoms with Crippen LogP contribution in [0.4, 0.5) is 0 Å². The fourth-order valence-corrected chi connectivity index (χ4v) is 0. The molecule has 3 N–H and O–H groups in total. The van der Waals surface area contributed by atoms with Crippen LogP contribution >= 0.6 is 0 Å². The molecule has 0 aliphatic carbocycles. The molecule has 0 aliphatic rings. The Kier molecular flexibility index (Phi) is 34.6. The minimum atomic E-state index is -0.167. The maximum Gasteiger partial charge on any atom is 0.0483 e. The summed E-state index contributed by atoms with van der Waals surface area (Å²) in [5, 5.41) is 24.2. The van der Waals surface area contributed by atoms with Gasteiger partial charge in [0.25, 0.3) is 0 Å². The largest absolute Gasteiger partial charge is 0.394 e. The second-order valence-corrected chi connectivity index (χ2v) is 3.28. The van der Waals surface area contributed by atoms with Gasteiger partial charge in [-0.3, -0.25) is 0 Å². The van der Waals surface area contributed by atoms with Gasteiger partial charge < -0.3 is 15.3 Å². The third kappa shape index (κ3) is 1140. The van der Waals surface area contributed by atoms with Crippen molar-refractivity contribution in [2.24, 2.45) is 0 Å². The van der Waals surface area contributed by atoms with Gasteiger partial charge in [-0.15, -0.1) is 0 Å². The first kappa shape index (κ1) is 23.8. The third-order valence-corrected chi connectivity index (χ3v) is 0. The number of hydrogen-bond acceptors (Lipinski definition) is 3. The Morgan fingerprint density at radius 1 is 0.538 bits per heavy atom. The molecule has 0 heterocycles. The fraction of sp³-hybridized carbons (Fsp3) is 1.00. The Hall–Kier alpha value is 1.20. The maximum absolute atomic E-state index is 8.06. The number of aliphatic hydroxyl groups is 3. The van der Waals surface area contributed by atoms with Gasteiger partial charge in [-0.1, -0.05) is 0 Å². The Morgan fingerprint density at radius 3 is 0.538 bits per heavy atom. The van der Waals surface area contributed by atoms with Gasteiger partial charge in [-0.25, -0.2) is 0 Å². The van der Waals surface area contributed by atoms with Crippen molar-refractivity contribution in [3.63, 3.8) is 0 Å². The summed E-state index contributed by atoms with van der Waals surface area (Å²) < 4.78 is 0. The normalized spacial score (nSPS) is 8.31. The second-order valence-electron chi connectivity index (χ2n) is 3.28. The molecule has 4 heteroatoms. The van der Waals surface area contributed by atoms with Crippen LogP contribution in [0.15, 0.2) is 0 Å². The van der Waals surface area contributed by atoms with Gasteiger partial charge in [0.2, 0.25) is 0 Å². The van der Waals surface area contributed by atoms with E-state index in [1.807, 2.05) is 0 Å². The van der Waals surface area contributed by atoms with Crippen LogP contribution in [0.3, 0.4) is 0 Å². The summed E-state index contributed by atoms with van der Waals surface area (Å²) in [6, 6.07) is 0. The van der Waals surface area contributed by atoms with Crippen LogP contribution in [0.5, 0.6) is 0 Å². The van der Waals surface area contributed by atoms with E-state index < -0.39 is 0 Å². The van der Waals surface area contributed by atoms with Crippen LogP contribution in [-0.4, -0.2) is 33.6 Å². The molecule has 0 atom stereocenters. The van der Waals surface area contributed by atoms with Crippen molar-refractivity contribution in [3.05, 3.63) is 0 Å². The first-order valence-electron chi connectivity index (χ1n) is 4.24. The van der Waals surface area contributed by atoms with E-state index in [4.69, 9.17) is 15.3 Å². The molecule has 86 valence electrons. The van der Waals surface area contributed by atoms with Gasteiger partial charge >= 0.3 is 0 Å². The maximum atomic E-state index is 8.06. The van der Waals surface area contributed by atoms with Gasteiger partial charge in [-0.05, 0) is 41.5 Å². The average molecular weight is 338 g/mol. The van der Waals surface area contributed by atoms with Crippen LogP contribution in [0, 0.1) is 39.9 Å². The molecule has 0 bridgehead atoms. The zero-order valence-electron chi connectivity index (χ0n) is 9.43. The van der Waals surface area contributed by atoms with Gasteiger partial charge in [-0.2, -0.15) is 0 Å². The molecule has 0 rings (SSSR count). The molecule has 3 nitrogen and oxygen atoms in total. The Balaban J connectivity index is -0.0000000450. The topological polar surface area (TPSA) is 60.7 Å². The van der Waals surface area contributed by atoms with Crippen molar-refractivity contribution < 1.29 is 55.3 Å². The van der Waals surface area contributed by atoms with Crippen molar-refractivity contribution in [1.29, 1.82) is 0 Å². The molecule has 0 aromatic carbocycles. The number of aliphatic hydroxyl groups excluding tert-OH is 3. The SMILES string of the molecule is CC(C)O.CC(C)O.CC(C)O.[Gd]. The molecule has 0 fully saturated rings. The summed E-state index contributed by atoms with van der Waals surface area (Å²) in [7, 11) is 0. The quantitative estimate of drug-likeness (QED) is 0.622. The molecule has 0 aromatic heterocycles. The van der Waals surface area contributed by atoms with Crippen molar-refractivity contribution in [2.45, 2.75) is 59.9 Å². The second kappa shape index (κ2) is 18.9. The van der Waals surface area contributed by atoms with Crippen molar-refractivity contribution >= 4 is 0 Å². The molecule has 0 amide bonds. The average Bonchev–Trinajstić information content (AvgIpc) is 1.54. The van der Waals surface area contributed by atoms with E-state index in [0.29, 0.717) is 0 Å². The zero-order valence-corrected chi connectivity index (χ0v) is 11.7. The summed E-state index contributed by atoms with van der Waals surface area (Å²) in [4.78, 5) is 0. The van der Waals surface area contributed by atoms with E-state index in [-0.39, 0.29) is 58.3 Å². The predicted octanol–water partition coefficient (Wildman–Crippen LogP) is 1.16. The number of hydrogen-bond donors (Lipinski definition) is 3. The summed E-state index contributed by atoms with van der Waals surface area (Å²) in [5.74, 6) is 0. The van der Waals surface area contributed by atoms with Gasteiger partial charge in [0, 0.05) is 58.3 Å². The molecule has 0 radical (unpaired) electrons. The summed E-state index contributed by atoms with van der Waals surface area (Å²) >= 11 is 0. The molecule has 0 aromatic rings. The predicted molar refractivity (Wildman–Crippen MR) is 52.1 cm³/mol. The van der Waals surface area contributed by atoms with Gasteiger partial charge in [0.1, 0.15) is 0 Å². The molecular formula is C9H24GdO3. The van der Waals surface area contributed by atoms with E-state index in [1.165, 1.54) is 0 Å². The molecule has 0 spiro atoms. The van der Waals surface area contributed by atoms with Crippen LogP contribution in [0.25, 0.3) is 0 Å². The monoisotopic (exact) mass is 338 g/mol. The Labute approximate surface area is 114 Å². The van der Waals surface area contributed by atoms with Crippen LogP contribution < -0.4 is 0 Å². The van der Waals surface area contributed by atoms with E-state index in [9.17, 15) is 0 Å². The molecule has 0 unspecified atom stereocenters. The zero-order chi connectivity index (χ0) is 10.7. The van der Waals surface area contributed by atoms with Gasteiger partial charge in [0.05, 0.1) is 0 Å². The van der Waals surface area contributed by atoms with E-state index in [0.717, 1.165) is 0 Å². The minimum Gasteiger partial charge on any atom is -0.394 e. The minimum absolute atomic E-state index is 0. The third-order valence-electron chi connectivity index (χ3n) is 0. The van der Waals surface area contributed by atoms with Crippen LogP contribution in [0.2, 0.25) is 0 Å². The first-order valence-corrected chi connectivity index (χ1v) is 4.24. The summed E-state index contributed by atoms with van der Waals surface area (Å²) in [5.41, 5.74) is 0. The van der Waals surface area contributed by atoms with Gasteiger partial charge in [0.15, 0.2) is 0 Å². The number of rotatable bonds is 0. The first-order chi connectivity index (χ1) is 5.20. The van der Waals surface area contributed by atoms with Crippen LogP contribution in [-0.2, 0) is 0 Å². The van der Waals surface area contributed by atoms with E-state index >= 15 is 0 Å². The van der Waals surface area contributed by atoms with Crippen molar-refractivity contribution in [3.8, 4) is 0 Å². The van der Waals surface area contributed by atoms with E-state index in [2.05, 4.69) is 0 Å². The fourth-order valence-electron chi connectivity index (χ4n) is 0. The van der Waals surface area contributed by atoms with Crippen molar-refractivity contribution in [1.82, 2.24) is 0 Å². The Bertz CT molecular complexity index is 43.4. The van der Waals surface area contributed by atoms with Crippen LogP contribution in [0.1, 0.15) is 41.5 Å². The van der Waals surface area contributed by atoms with Crippen molar-refractivity contribution in [2.75, 3.05) is 0 Å². The molecule has 0 saturated carbocycles. The smallest absolute Gasteiger partial charge is 0.0483 e.